The van der Waals surface area contributed by atoms with Crippen molar-refractivity contribution in [2.24, 2.45) is 0 Å². The Morgan fingerprint density at radius 1 is 1.00 bits per heavy atom. The summed E-state index contributed by atoms with van der Waals surface area (Å²) >= 11 is 0. The molecule has 1 fully saturated rings. The molecule has 0 bridgehead atoms. The summed E-state index contributed by atoms with van der Waals surface area (Å²) in [7, 11) is -4.47. The van der Waals surface area contributed by atoms with Crippen molar-refractivity contribution in [3.63, 3.8) is 0 Å². The molecule has 2 heterocycles. The third-order valence-electron chi connectivity index (χ3n) is 6.40. The lowest BCUT2D eigenvalue weighted by Gasteiger charge is -2.22. The number of pyridine rings is 1. The van der Waals surface area contributed by atoms with Crippen molar-refractivity contribution in [2.75, 3.05) is 15.4 Å². The highest BCUT2D eigenvalue weighted by Gasteiger charge is 2.49. The molecule has 2 amide bonds. The van der Waals surface area contributed by atoms with Crippen LogP contribution in [0.25, 0.3) is 0 Å². The summed E-state index contributed by atoms with van der Waals surface area (Å²) in [5.41, 5.74) is 0.449. The second-order valence-electron chi connectivity index (χ2n) is 8.56. The maximum absolute atomic E-state index is 14.2. The fourth-order valence-corrected chi connectivity index (χ4v) is 5.86. The summed E-state index contributed by atoms with van der Waals surface area (Å²) in [5.74, 6) is -2.98. The zero-order valence-electron chi connectivity index (χ0n) is 18.3. The normalized spacial score (nSPS) is 16.1. The van der Waals surface area contributed by atoms with Crippen molar-refractivity contribution in [1.29, 1.82) is 0 Å². The molecule has 3 N–H and O–H groups in total. The van der Waals surface area contributed by atoms with Crippen LogP contribution in [0.5, 0.6) is 0 Å². The van der Waals surface area contributed by atoms with Crippen molar-refractivity contribution in [3.8, 4) is 0 Å². The zero-order chi connectivity index (χ0) is 24.8. The van der Waals surface area contributed by atoms with Gasteiger partial charge in [0.2, 0.25) is 5.91 Å². The molecule has 1 saturated carbocycles. The van der Waals surface area contributed by atoms with E-state index in [0.717, 1.165) is 25.0 Å². The zero-order valence-corrected chi connectivity index (χ0v) is 19.1. The second kappa shape index (κ2) is 8.42. The molecule has 1 spiro atoms. The van der Waals surface area contributed by atoms with E-state index < -0.39 is 37.9 Å². The number of fused-ring (bicyclic) bond motifs is 2. The number of hydrogen-bond acceptors (Lipinski definition) is 5. The highest BCUT2D eigenvalue weighted by Crippen LogP contribution is 2.51. The Kier molecular flexibility index (Phi) is 5.51. The van der Waals surface area contributed by atoms with E-state index in [2.05, 4.69) is 20.3 Å². The van der Waals surface area contributed by atoms with Crippen LogP contribution in [0.15, 0.2) is 59.8 Å². The van der Waals surface area contributed by atoms with Gasteiger partial charge in [0.1, 0.15) is 16.5 Å². The van der Waals surface area contributed by atoms with Crippen LogP contribution >= 0.6 is 0 Å². The van der Waals surface area contributed by atoms with Gasteiger partial charge in [-0.05, 0) is 54.8 Å². The summed E-state index contributed by atoms with van der Waals surface area (Å²) in [5, 5.41) is 5.52. The first-order valence-corrected chi connectivity index (χ1v) is 12.4. The van der Waals surface area contributed by atoms with Gasteiger partial charge in [0.05, 0.1) is 22.4 Å². The number of amides is 2. The number of rotatable bonds is 5. The molecule has 1 aromatic heterocycles. The quantitative estimate of drug-likeness (QED) is 0.488. The molecule has 35 heavy (non-hydrogen) atoms. The Labute approximate surface area is 199 Å². The number of carbonyl (C=O) groups is 2. The van der Waals surface area contributed by atoms with Crippen LogP contribution in [0.2, 0.25) is 0 Å². The van der Waals surface area contributed by atoms with Crippen LogP contribution in [0.4, 0.5) is 25.8 Å². The summed E-state index contributed by atoms with van der Waals surface area (Å²) in [6.07, 6.45) is 5.72. The summed E-state index contributed by atoms with van der Waals surface area (Å²) < 4.78 is 55.6. The van der Waals surface area contributed by atoms with Crippen molar-refractivity contribution < 1.29 is 26.8 Å². The molecule has 5 rings (SSSR count). The minimum atomic E-state index is -4.47. The number of halogens is 2. The molecular weight excluding hydrogens is 478 g/mol. The number of hydrogen-bond donors (Lipinski definition) is 3. The largest absolute Gasteiger partial charge is 0.324 e. The lowest BCUT2D eigenvalue weighted by molar-refractivity contribution is -0.120. The standard InChI is InChI=1S/C24H20F2N4O4S/c25-14-3-4-20(19(26)11-14)35(33,34)30-16-12-17(22(31)28-15-5-9-27-10-6-15)21-18(13-16)24(23(32)29-21)7-1-2-8-24/h3-6,9-13,30H,1-2,7-8H2,(H,29,32)(H,27,28,31). The maximum atomic E-state index is 14.2. The molecule has 1 aliphatic carbocycles. The van der Waals surface area contributed by atoms with E-state index in [-0.39, 0.29) is 17.2 Å². The average molecular weight is 499 g/mol. The first-order chi connectivity index (χ1) is 16.7. The van der Waals surface area contributed by atoms with E-state index in [1.54, 1.807) is 12.1 Å². The predicted octanol–water partition coefficient (Wildman–Crippen LogP) is 4.18. The summed E-state index contributed by atoms with van der Waals surface area (Å²) in [6.45, 7) is 0. The minimum Gasteiger partial charge on any atom is -0.324 e. The Morgan fingerprint density at radius 2 is 1.71 bits per heavy atom. The molecule has 3 aromatic rings. The SMILES string of the molecule is O=C(Nc1ccncc1)c1cc(NS(=O)(=O)c2ccc(F)cc2F)cc2c1NC(=O)C21CCCC1. The Bertz CT molecular complexity index is 1460. The van der Waals surface area contributed by atoms with Crippen LogP contribution in [0, 0.1) is 11.6 Å². The monoisotopic (exact) mass is 498 g/mol. The summed E-state index contributed by atoms with van der Waals surface area (Å²) in [6, 6.07) is 8.08. The van der Waals surface area contributed by atoms with Gasteiger partial charge in [-0.3, -0.25) is 19.3 Å². The fourth-order valence-electron chi connectivity index (χ4n) is 4.76. The highest BCUT2D eigenvalue weighted by atomic mass is 32.2. The third kappa shape index (κ3) is 4.01. The van der Waals surface area contributed by atoms with Crippen LogP contribution in [-0.2, 0) is 20.2 Å². The number of sulfonamides is 1. The van der Waals surface area contributed by atoms with E-state index >= 15 is 0 Å². The van der Waals surface area contributed by atoms with Crippen LogP contribution in [0.1, 0.15) is 41.6 Å². The molecule has 0 unspecified atom stereocenters. The molecule has 0 radical (unpaired) electrons. The van der Waals surface area contributed by atoms with E-state index in [1.807, 2.05) is 0 Å². The van der Waals surface area contributed by atoms with Crippen molar-refractivity contribution >= 4 is 38.9 Å². The van der Waals surface area contributed by atoms with Gasteiger partial charge < -0.3 is 10.6 Å². The number of benzene rings is 2. The fraction of sp³-hybridized carbons (Fsp3) is 0.208. The number of aromatic nitrogens is 1. The Morgan fingerprint density at radius 3 is 2.40 bits per heavy atom. The van der Waals surface area contributed by atoms with Gasteiger partial charge in [0.25, 0.3) is 15.9 Å². The van der Waals surface area contributed by atoms with Gasteiger partial charge in [0.15, 0.2) is 0 Å². The maximum Gasteiger partial charge on any atom is 0.264 e. The van der Waals surface area contributed by atoms with E-state index in [0.29, 0.717) is 35.8 Å². The first kappa shape index (κ1) is 22.9. The van der Waals surface area contributed by atoms with Gasteiger partial charge in [-0.1, -0.05) is 12.8 Å². The molecule has 11 heteroatoms. The van der Waals surface area contributed by atoms with Gasteiger partial charge >= 0.3 is 0 Å². The average Bonchev–Trinajstić information content (AvgIpc) is 3.40. The van der Waals surface area contributed by atoms with Crippen molar-refractivity contribution in [3.05, 3.63) is 77.6 Å². The van der Waals surface area contributed by atoms with Gasteiger partial charge in [-0.25, -0.2) is 17.2 Å². The molecule has 2 aliphatic rings. The highest BCUT2D eigenvalue weighted by molar-refractivity contribution is 7.92. The lowest BCUT2D eigenvalue weighted by Crippen LogP contribution is -2.31. The topological polar surface area (TPSA) is 117 Å². The second-order valence-corrected chi connectivity index (χ2v) is 10.2. The number of nitrogens with one attached hydrogen (secondary N) is 3. The van der Waals surface area contributed by atoms with E-state index in [9.17, 15) is 26.8 Å². The number of nitrogens with zero attached hydrogens (tertiary/aromatic N) is 1. The number of carbonyl (C=O) groups excluding carboxylic acids is 2. The molecular formula is C24H20F2N4O4S. The van der Waals surface area contributed by atoms with Crippen LogP contribution < -0.4 is 15.4 Å². The smallest absolute Gasteiger partial charge is 0.264 e. The molecule has 2 aromatic carbocycles. The van der Waals surface area contributed by atoms with Crippen molar-refractivity contribution in [1.82, 2.24) is 4.98 Å². The predicted molar refractivity (Wildman–Crippen MR) is 125 cm³/mol. The Hall–Kier alpha value is -3.86. The molecule has 0 atom stereocenters. The number of anilines is 3. The van der Waals surface area contributed by atoms with Gasteiger partial charge in [-0.15, -0.1) is 0 Å². The molecule has 8 nitrogen and oxygen atoms in total. The van der Waals surface area contributed by atoms with Crippen molar-refractivity contribution in [2.45, 2.75) is 36.0 Å². The Balaban J connectivity index is 1.60. The minimum absolute atomic E-state index is 0.0184. The van der Waals surface area contributed by atoms with Crippen LogP contribution in [0.3, 0.4) is 0 Å². The lowest BCUT2D eigenvalue weighted by atomic mass is 9.79. The molecule has 1 aliphatic heterocycles. The van der Waals surface area contributed by atoms with E-state index in [1.165, 1.54) is 24.5 Å². The van der Waals surface area contributed by atoms with Gasteiger partial charge in [-0.2, -0.15) is 0 Å². The summed E-state index contributed by atoms with van der Waals surface area (Å²) in [4.78, 5) is 29.4. The first-order valence-electron chi connectivity index (χ1n) is 10.9. The molecule has 180 valence electrons. The third-order valence-corrected chi connectivity index (χ3v) is 7.82. The van der Waals surface area contributed by atoms with Crippen LogP contribution in [-0.4, -0.2) is 25.2 Å². The van der Waals surface area contributed by atoms with Gasteiger partial charge in [0, 0.05) is 24.1 Å². The van der Waals surface area contributed by atoms with E-state index in [4.69, 9.17) is 0 Å². The molecule has 0 saturated heterocycles.